The van der Waals surface area contributed by atoms with Gasteiger partial charge in [0.05, 0.1) is 6.16 Å². The minimum atomic E-state index is -4.78. The molecule has 0 amide bonds. The fourth-order valence-corrected chi connectivity index (χ4v) is 6.45. The number of benzene rings is 2. The highest BCUT2D eigenvalue weighted by Gasteiger charge is 2.35. The van der Waals surface area contributed by atoms with Crippen LogP contribution in [0.4, 0.5) is 13.2 Å². The quantitative estimate of drug-likeness (QED) is 0.135. The van der Waals surface area contributed by atoms with Gasteiger partial charge in [0.1, 0.15) is 5.75 Å². The number of hydrogen-bond donors (Lipinski definition) is 3. The Morgan fingerprint density at radius 1 is 1.03 bits per heavy atom. The van der Waals surface area contributed by atoms with E-state index >= 15 is 0 Å². The Labute approximate surface area is 215 Å². The van der Waals surface area contributed by atoms with Crippen LogP contribution in [-0.2, 0) is 16.5 Å². The van der Waals surface area contributed by atoms with Crippen LogP contribution in [0.2, 0.25) is 0 Å². The predicted molar refractivity (Wildman–Crippen MR) is 138 cm³/mol. The third-order valence-electron chi connectivity index (χ3n) is 6.62. The van der Waals surface area contributed by atoms with Crippen molar-refractivity contribution in [2.75, 3.05) is 18.5 Å². The van der Waals surface area contributed by atoms with Gasteiger partial charge in [0.2, 0.25) is 0 Å². The average molecular weight is 546 g/mol. The van der Waals surface area contributed by atoms with Gasteiger partial charge in [0.25, 0.3) is 0 Å². The number of hydrogen-bond acceptors (Lipinski definition) is 4. The summed E-state index contributed by atoms with van der Waals surface area (Å²) in [7, 11) is -4.05. The molecule has 0 spiro atoms. The van der Waals surface area contributed by atoms with E-state index in [1.54, 1.807) is 12.1 Å². The molecule has 0 aliphatic heterocycles. The van der Waals surface area contributed by atoms with Crippen LogP contribution in [0.15, 0.2) is 53.4 Å². The standard InChI is InChI=1S/C26H35F3NO4PS/c27-26(28,29)34-23-19-21(20-30-16-8-17-35(31,32)33)11-12-24(23)36-18-7-6-15-25(13-4-5-14-25)22-9-2-1-3-10-22/h1-3,9-12,19,30H,4-8,13-18,20H2,(H2,31,32,33). The smallest absolute Gasteiger partial charge is 0.405 e. The van der Waals surface area contributed by atoms with Crippen molar-refractivity contribution in [1.29, 1.82) is 0 Å². The van der Waals surface area contributed by atoms with Crippen LogP contribution in [0.5, 0.6) is 5.75 Å². The van der Waals surface area contributed by atoms with E-state index in [9.17, 15) is 17.7 Å². The minimum Gasteiger partial charge on any atom is -0.405 e. The lowest BCUT2D eigenvalue weighted by Gasteiger charge is -2.30. The number of nitrogens with one attached hydrogen (secondary N) is 1. The van der Waals surface area contributed by atoms with Crippen molar-refractivity contribution in [3.05, 3.63) is 59.7 Å². The van der Waals surface area contributed by atoms with Crippen molar-refractivity contribution in [3.63, 3.8) is 0 Å². The maximum Gasteiger partial charge on any atom is 0.573 e. The molecular weight excluding hydrogens is 510 g/mol. The van der Waals surface area contributed by atoms with Crippen molar-refractivity contribution in [2.24, 2.45) is 0 Å². The Morgan fingerprint density at radius 2 is 1.75 bits per heavy atom. The van der Waals surface area contributed by atoms with Gasteiger partial charge in [0.15, 0.2) is 0 Å². The Kier molecular flexibility index (Phi) is 10.8. The zero-order chi connectivity index (χ0) is 26.1. The molecule has 1 aliphatic rings. The third-order valence-corrected chi connectivity index (χ3v) is 8.66. The van der Waals surface area contributed by atoms with Gasteiger partial charge < -0.3 is 19.8 Å². The molecule has 3 rings (SSSR count). The van der Waals surface area contributed by atoms with E-state index in [1.165, 1.54) is 49.1 Å². The fourth-order valence-electron chi connectivity index (χ4n) is 4.90. The Balaban J connectivity index is 1.51. The molecule has 0 atom stereocenters. The summed E-state index contributed by atoms with van der Waals surface area (Å²) in [5.41, 5.74) is 2.25. The Bertz CT molecular complexity index is 994. The van der Waals surface area contributed by atoms with E-state index in [2.05, 4.69) is 34.3 Å². The number of unbranched alkanes of at least 4 members (excludes halogenated alkanes) is 1. The number of thioether (sulfide) groups is 1. The lowest BCUT2D eigenvalue weighted by Crippen LogP contribution is -2.21. The van der Waals surface area contributed by atoms with E-state index in [4.69, 9.17) is 9.79 Å². The number of ether oxygens (including phenoxy) is 1. The van der Waals surface area contributed by atoms with Crippen molar-refractivity contribution in [1.82, 2.24) is 5.32 Å². The SMILES string of the molecule is O=P(O)(O)CCCNCc1ccc(SCCCCC2(c3ccccc3)CCCC2)c(OC(F)(F)F)c1. The van der Waals surface area contributed by atoms with Crippen LogP contribution in [0.25, 0.3) is 0 Å². The van der Waals surface area contributed by atoms with Crippen molar-refractivity contribution in [3.8, 4) is 5.75 Å². The first-order valence-electron chi connectivity index (χ1n) is 12.4. The fraction of sp³-hybridized carbons (Fsp3) is 0.538. The lowest BCUT2D eigenvalue weighted by atomic mass is 9.75. The van der Waals surface area contributed by atoms with E-state index in [0.717, 1.165) is 19.3 Å². The molecule has 1 aliphatic carbocycles. The van der Waals surface area contributed by atoms with Gasteiger partial charge in [-0.1, -0.05) is 55.7 Å². The second-order valence-electron chi connectivity index (χ2n) is 9.41. The van der Waals surface area contributed by atoms with Gasteiger partial charge >= 0.3 is 14.0 Å². The monoisotopic (exact) mass is 545 g/mol. The summed E-state index contributed by atoms with van der Waals surface area (Å²) in [6.07, 6.45) is 3.16. The van der Waals surface area contributed by atoms with Crippen LogP contribution in [0.1, 0.15) is 62.5 Å². The maximum atomic E-state index is 13.0. The van der Waals surface area contributed by atoms with Crippen LogP contribution >= 0.6 is 19.4 Å². The van der Waals surface area contributed by atoms with Crippen LogP contribution in [0, 0.1) is 0 Å². The number of alkyl halides is 3. The van der Waals surface area contributed by atoms with Gasteiger partial charge in [0, 0.05) is 11.4 Å². The second kappa shape index (κ2) is 13.3. The molecule has 0 unspecified atom stereocenters. The zero-order valence-electron chi connectivity index (χ0n) is 20.3. The second-order valence-corrected chi connectivity index (χ2v) is 12.3. The van der Waals surface area contributed by atoms with Crippen molar-refractivity contribution >= 4 is 19.4 Å². The molecule has 200 valence electrons. The molecule has 1 saturated carbocycles. The van der Waals surface area contributed by atoms with Gasteiger partial charge in [-0.15, -0.1) is 24.9 Å². The summed E-state index contributed by atoms with van der Waals surface area (Å²) in [5, 5.41) is 3.00. The molecule has 0 radical (unpaired) electrons. The zero-order valence-corrected chi connectivity index (χ0v) is 22.0. The first-order valence-corrected chi connectivity index (χ1v) is 15.2. The Morgan fingerprint density at radius 3 is 2.42 bits per heavy atom. The van der Waals surface area contributed by atoms with Crippen LogP contribution in [-0.4, -0.2) is 34.6 Å². The first-order chi connectivity index (χ1) is 17.1. The summed E-state index contributed by atoms with van der Waals surface area (Å²) < 4.78 is 54.2. The van der Waals surface area contributed by atoms with Gasteiger partial charge in [-0.25, -0.2) is 0 Å². The molecule has 1 fully saturated rings. The summed E-state index contributed by atoms with van der Waals surface area (Å²) in [6, 6.07) is 15.4. The highest BCUT2D eigenvalue weighted by atomic mass is 32.2. The molecule has 3 N–H and O–H groups in total. The largest absolute Gasteiger partial charge is 0.573 e. The number of rotatable bonds is 14. The normalized spacial score (nSPS) is 15.8. The minimum absolute atomic E-state index is 0.210. The van der Waals surface area contributed by atoms with E-state index in [1.807, 2.05) is 6.07 Å². The molecule has 0 aromatic heterocycles. The molecule has 0 saturated heterocycles. The molecule has 36 heavy (non-hydrogen) atoms. The van der Waals surface area contributed by atoms with E-state index in [-0.39, 0.29) is 30.3 Å². The van der Waals surface area contributed by atoms with Gasteiger partial charge in [-0.3, -0.25) is 4.57 Å². The highest BCUT2D eigenvalue weighted by Crippen LogP contribution is 2.45. The average Bonchev–Trinajstić information content (AvgIpc) is 3.29. The topological polar surface area (TPSA) is 78.8 Å². The summed E-state index contributed by atoms with van der Waals surface area (Å²) in [6.45, 7) is 0.628. The molecule has 2 aromatic carbocycles. The third kappa shape index (κ3) is 9.75. The number of halogens is 3. The molecular formula is C26H35F3NO4PS. The Hall–Kier alpha value is -1.51. The molecule has 2 aromatic rings. The predicted octanol–water partition coefficient (Wildman–Crippen LogP) is 7.02. The van der Waals surface area contributed by atoms with E-state index < -0.39 is 14.0 Å². The molecule has 5 nitrogen and oxygen atoms in total. The summed E-state index contributed by atoms with van der Waals surface area (Å²) >= 11 is 1.38. The molecule has 0 bridgehead atoms. The summed E-state index contributed by atoms with van der Waals surface area (Å²) in [4.78, 5) is 18.2. The van der Waals surface area contributed by atoms with Crippen LogP contribution < -0.4 is 10.1 Å². The molecule has 10 heteroatoms. The van der Waals surface area contributed by atoms with Gasteiger partial charge in [-0.05, 0) is 73.1 Å². The highest BCUT2D eigenvalue weighted by molar-refractivity contribution is 7.99. The van der Waals surface area contributed by atoms with Crippen LogP contribution in [0.3, 0.4) is 0 Å². The van der Waals surface area contributed by atoms with E-state index in [0.29, 0.717) is 22.8 Å². The molecule has 0 heterocycles. The lowest BCUT2D eigenvalue weighted by molar-refractivity contribution is -0.275. The van der Waals surface area contributed by atoms with Gasteiger partial charge in [-0.2, -0.15) is 0 Å². The van der Waals surface area contributed by atoms with Crippen molar-refractivity contribution < 1.29 is 32.3 Å². The van der Waals surface area contributed by atoms with Crippen molar-refractivity contribution in [2.45, 2.75) is 74.6 Å². The first kappa shape index (κ1) is 29.1. The summed E-state index contributed by atoms with van der Waals surface area (Å²) in [5.74, 6) is 0.498. The maximum absolute atomic E-state index is 13.0.